The molecule has 2 aliphatic rings. The third-order valence-electron chi connectivity index (χ3n) is 5.92. The summed E-state index contributed by atoms with van der Waals surface area (Å²) in [5, 5.41) is 3.10. The van der Waals surface area contributed by atoms with Gasteiger partial charge in [0, 0.05) is 51.7 Å². The summed E-state index contributed by atoms with van der Waals surface area (Å²) in [5.74, 6) is -0.0857. The highest BCUT2D eigenvalue weighted by molar-refractivity contribution is 5.81. The van der Waals surface area contributed by atoms with Crippen LogP contribution in [0.25, 0.3) is 0 Å². The number of hydrogen-bond donors (Lipinski definition) is 1. The fourth-order valence-corrected chi connectivity index (χ4v) is 4.26. The molecule has 1 N–H and O–H groups in total. The number of nitrogens with one attached hydrogen (secondary N) is 1. The van der Waals surface area contributed by atoms with Crippen molar-refractivity contribution in [3.05, 3.63) is 54.1 Å². The summed E-state index contributed by atoms with van der Waals surface area (Å²) in [6.07, 6.45) is 9.39. The molecule has 7 heteroatoms. The average Bonchev–Trinajstić information content (AvgIpc) is 3.47. The molecule has 3 amide bonds. The zero-order valence-electron chi connectivity index (χ0n) is 16.8. The maximum Gasteiger partial charge on any atom is 0.320 e. The van der Waals surface area contributed by atoms with Crippen molar-refractivity contribution in [3.8, 4) is 0 Å². The van der Waals surface area contributed by atoms with Crippen molar-refractivity contribution in [2.75, 3.05) is 26.2 Å². The predicted molar refractivity (Wildman–Crippen MR) is 110 cm³/mol. The molecule has 3 heterocycles. The minimum absolute atomic E-state index is 0.0429. The number of rotatable bonds is 5. The molecule has 0 bridgehead atoms. The van der Waals surface area contributed by atoms with E-state index in [1.54, 1.807) is 12.5 Å². The Morgan fingerprint density at radius 3 is 2.55 bits per heavy atom. The van der Waals surface area contributed by atoms with Gasteiger partial charge >= 0.3 is 6.03 Å². The van der Waals surface area contributed by atoms with Gasteiger partial charge in [-0.05, 0) is 36.8 Å². The Bertz CT molecular complexity index is 829. The minimum Gasteiger partial charge on any atom is -0.352 e. The number of nitrogens with zero attached hydrogens (tertiary/aromatic N) is 4. The minimum atomic E-state index is -0.129. The molecule has 29 heavy (non-hydrogen) atoms. The lowest BCUT2D eigenvalue weighted by atomic mass is 9.97. The van der Waals surface area contributed by atoms with Gasteiger partial charge in [0.15, 0.2) is 0 Å². The molecule has 1 unspecified atom stereocenters. The molecule has 154 valence electrons. The van der Waals surface area contributed by atoms with Gasteiger partial charge in [-0.2, -0.15) is 0 Å². The highest BCUT2D eigenvalue weighted by atomic mass is 16.2. The summed E-state index contributed by atoms with van der Waals surface area (Å²) in [6.45, 7) is 4.21. The molecule has 0 saturated carbocycles. The summed E-state index contributed by atoms with van der Waals surface area (Å²) in [4.78, 5) is 33.3. The number of carbonyl (C=O) groups is 2. The number of hydrogen-bond acceptors (Lipinski definition) is 3. The Kier molecular flexibility index (Phi) is 6.12. The lowest BCUT2D eigenvalue weighted by Gasteiger charge is -2.34. The van der Waals surface area contributed by atoms with E-state index >= 15 is 0 Å². The van der Waals surface area contributed by atoms with Crippen LogP contribution in [0.2, 0.25) is 0 Å². The van der Waals surface area contributed by atoms with Gasteiger partial charge in [-0.15, -0.1) is 0 Å². The van der Waals surface area contributed by atoms with Gasteiger partial charge in [0.2, 0.25) is 5.91 Å². The van der Waals surface area contributed by atoms with Gasteiger partial charge in [-0.3, -0.25) is 4.79 Å². The first-order valence-corrected chi connectivity index (χ1v) is 10.5. The number of piperidine rings is 1. The first-order chi connectivity index (χ1) is 14.2. The van der Waals surface area contributed by atoms with Crippen molar-refractivity contribution in [3.63, 3.8) is 0 Å². The third kappa shape index (κ3) is 4.78. The van der Waals surface area contributed by atoms with Crippen molar-refractivity contribution in [1.82, 2.24) is 24.7 Å². The SMILES string of the molecule is O=C(NCc1ccccc1Cn1ccnc1)C1CCCN(C(=O)N2CCCC2)C1. The highest BCUT2D eigenvalue weighted by Crippen LogP contribution is 2.20. The van der Waals surface area contributed by atoms with Crippen LogP contribution in [0.3, 0.4) is 0 Å². The Morgan fingerprint density at radius 2 is 1.79 bits per heavy atom. The Labute approximate surface area is 171 Å². The van der Waals surface area contributed by atoms with E-state index in [1.807, 2.05) is 32.7 Å². The summed E-state index contributed by atoms with van der Waals surface area (Å²) < 4.78 is 2.02. The lowest BCUT2D eigenvalue weighted by Crippen LogP contribution is -2.49. The molecule has 2 fully saturated rings. The highest BCUT2D eigenvalue weighted by Gasteiger charge is 2.31. The van der Waals surface area contributed by atoms with E-state index < -0.39 is 0 Å². The van der Waals surface area contributed by atoms with Crippen molar-refractivity contribution in [1.29, 1.82) is 0 Å². The van der Waals surface area contributed by atoms with Crippen LogP contribution in [0, 0.1) is 5.92 Å². The first-order valence-electron chi connectivity index (χ1n) is 10.5. The van der Waals surface area contributed by atoms with Crippen molar-refractivity contribution < 1.29 is 9.59 Å². The van der Waals surface area contributed by atoms with E-state index in [2.05, 4.69) is 22.4 Å². The fourth-order valence-electron chi connectivity index (χ4n) is 4.26. The maximum absolute atomic E-state index is 12.8. The molecule has 0 spiro atoms. The average molecular weight is 396 g/mol. The van der Waals surface area contributed by atoms with Gasteiger partial charge in [-0.25, -0.2) is 9.78 Å². The molecule has 1 atom stereocenters. The zero-order chi connectivity index (χ0) is 20.1. The molecule has 2 saturated heterocycles. The number of imidazole rings is 1. The smallest absolute Gasteiger partial charge is 0.320 e. The van der Waals surface area contributed by atoms with E-state index in [-0.39, 0.29) is 17.9 Å². The predicted octanol–water partition coefficient (Wildman–Crippen LogP) is 2.48. The Balaban J connectivity index is 1.33. The molecule has 4 rings (SSSR count). The molecule has 0 radical (unpaired) electrons. The quantitative estimate of drug-likeness (QED) is 0.846. The Morgan fingerprint density at radius 1 is 1.03 bits per heavy atom. The number of likely N-dealkylation sites (tertiary alicyclic amines) is 2. The fraction of sp³-hybridized carbons (Fsp3) is 0.500. The van der Waals surface area contributed by atoms with Gasteiger partial charge < -0.3 is 19.7 Å². The number of aromatic nitrogens is 2. The molecular formula is C22H29N5O2. The van der Waals surface area contributed by atoms with Crippen LogP contribution in [0.1, 0.15) is 36.8 Å². The second kappa shape index (κ2) is 9.11. The van der Waals surface area contributed by atoms with E-state index in [1.165, 1.54) is 5.56 Å². The third-order valence-corrected chi connectivity index (χ3v) is 5.92. The summed E-state index contributed by atoms with van der Waals surface area (Å²) >= 11 is 0. The largest absolute Gasteiger partial charge is 0.352 e. The van der Waals surface area contributed by atoms with Crippen LogP contribution in [-0.2, 0) is 17.9 Å². The molecule has 2 aliphatic heterocycles. The van der Waals surface area contributed by atoms with Crippen LogP contribution >= 0.6 is 0 Å². The molecular weight excluding hydrogens is 366 g/mol. The first kappa shape index (κ1) is 19.5. The lowest BCUT2D eigenvalue weighted by molar-refractivity contribution is -0.126. The van der Waals surface area contributed by atoms with E-state index in [9.17, 15) is 9.59 Å². The molecule has 7 nitrogen and oxygen atoms in total. The van der Waals surface area contributed by atoms with Crippen LogP contribution < -0.4 is 5.32 Å². The van der Waals surface area contributed by atoms with Crippen molar-refractivity contribution in [2.45, 2.75) is 38.8 Å². The summed E-state index contributed by atoms with van der Waals surface area (Å²) in [7, 11) is 0. The second-order valence-corrected chi connectivity index (χ2v) is 7.98. The monoisotopic (exact) mass is 395 g/mol. The topological polar surface area (TPSA) is 70.5 Å². The standard InChI is InChI=1S/C22H29N5O2/c28-21(20-8-5-12-27(16-20)22(29)26-10-3-4-11-26)24-14-18-6-1-2-7-19(18)15-25-13-9-23-17-25/h1-2,6-7,9,13,17,20H,3-5,8,10-12,14-16H2,(H,24,28). The number of amides is 3. The van der Waals surface area contributed by atoms with Crippen LogP contribution in [-0.4, -0.2) is 57.5 Å². The van der Waals surface area contributed by atoms with E-state index in [4.69, 9.17) is 0 Å². The van der Waals surface area contributed by atoms with Crippen molar-refractivity contribution in [2.24, 2.45) is 5.92 Å². The normalized spacial score (nSPS) is 19.4. The summed E-state index contributed by atoms with van der Waals surface area (Å²) in [6, 6.07) is 8.25. The van der Waals surface area contributed by atoms with Gasteiger partial charge in [0.05, 0.1) is 12.2 Å². The molecule has 1 aromatic heterocycles. The van der Waals surface area contributed by atoms with Gasteiger partial charge in [-0.1, -0.05) is 24.3 Å². The van der Waals surface area contributed by atoms with Gasteiger partial charge in [0.25, 0.3) is 0 Å². The van der Waals surface area contributed by atoms with Crippen LogP contribution in [0.5, 0.6) is 0 Å². The second-order valence-electron chi connectivity index (χ2n) is 7.98. The number of urea groups is 1. The molecule has 0 aliphatic carbocycles. The zero-order valence-corrected chi connectivity index (χ0v) is 16.8. The Hall–Kier alpha value is -2.83. The molecule has 2 aromatic rings. The number of benzene rings is 1. The molecule has 1 aromatic carbocycles. The van der Waals surface area contributed by atoms with E-state index in [0.29, 0.717) is 13.1 Å². The number of carbonyl (C=O) groups excluding carboxylic acids is 2. The summed E-state index contributed by atoms with van der Waals surface area (Å²) in [5.41, 5.74) is 2.27. The maximum atomic E-state index is 12.8. The van der Waals surface area contributed by atoms with Crippen molar-refractivity contribution >= 4 is 11.9 Å². The van der Waals surface area contributed by atoms with Crippen LogP contribution in [0.4, 0.5) is 4.79 Å². The van der Waals surface area contributed by atoms with Gasteiger partial charge in [0.1, 0.15) is 0 Å². The van der Waals surface area contributed by atoms with E-state index in [0.717, 1.165) is 57.4 Å². The van der Waals surface area contributed by atoms with Crippen LogP contribution in [0.15, 0.2) is 43.0 Å².